The van der Waals surface area contributed by atoms with Gasteiger partial charge in [0.2, 0.25) is 0 Å². The van der Waals surface area contributed by atoms with Gasteiger partial charge in [0.25, 0.3) is 0 Å². The number of para-hydroxylation sites is 2. The molecule has 0 aliphatic carbocycles. The summed E-state index contributed by atoms with van der Waals surface area (Å²) in [5.74, 6) is 0. The largest absolute Gasteiger partial charge is 0.371 e. The van der Waals surface area contributed by atoms with Gasteiger partial charge in [-0.25, -0.2) is 0 Å². The minimum absolute atomic E-state index is 0.579. The van der Waals surface area contributed by atoms with Gasteiger partial charge in [-0.05, 0) is 43.0 Å². The molecule has 0 aromatic heterocycles. The van der Waals surface area contributed by atoms with Crippen molar-refractivity contribution in [2.45, 2.75) is 25.3 Å². The Morgan fingerprint density at radius 1 is 0.958 bits per heavy atom. The van der Waals surface area contributed by atoms with Crippen LogP contribution in [0, 0.1) is 0 Å². The number of nitrogens with one attached hydrogen (secondary N) is 1. The number of piperazine rings is 1. The molecule has 2 aromatic carbocycles. The summed E-state index contributed by atoms with van der Waals surface area (Å²) in [6.45, 7) is 5.61. The predicted octanol–water partition coefficient (Wildman–Crippen LogP) is 3.31. The van der Waals surface area contributed by atoms with E-state index >= 15 is 0 Å². The van der Waals surface area contributed by atoms with E-state index < -0.39 is 0 Å². The third-order valence-corrected chi connectivity index (χ3v) is 5.38. The molecule has 1 N–H and O–H groups in total. The molecule has 3 nitrogen and oxygen atoms in total. The van der Waals surface area contributed by atoms with Crippen LogP contribution in [0.2, 0.25) is 0 Å². The second-order valence-corrected chi connectivity index (χ2v) is 6.89. The van der Waals surface area contributed by atoms with E-state index in [1.54, 1.807) is 0 Å². The van der Waals surface area contributed by atoms with Crippen LogP contribution in [0.5, 0.6) is 0 Å². The lowest BCUT2D eigenvalue weighted by molar-refractivity contribution is 0.451. The van der Waals surface area contributed by atoms with Crippen molar-refractivity contribution in [1.29, 1.82) is 0 Å². The number of aryl methyl sites for hydroxylation is 1. The molecule has 0 spiro atoms. The predicted molar refractivity (Wildman–Crippen MR) is 102 cm³/mol. The standard InChI is InChI=1S/C21H27N3/c1-2-9-19(10-3-1)24-16-13-22-17-20(24)12-15-23-14-6-8-18-7-4-5-11-21(18)23/h1-5,7,9-11,20,22H,6,8,12-17H2. The molecule has 2 aliphatic heterocycles. The van der Waals surface area contributed by atoms with E-state index in [2.05, 4.69) is 69.7 Å². The Morgan fingerprint density at radius 3 is 2.71 bits per heavy atom. The number of benzene rings is 2. The van der Waals surface area contributed by atoms with Crippen molar-refractivity contribution in [1.82, 2.24) is 5.32 Å². The maximum Gasteiger partial charge on any atom is 0.0431 e. The molecule has 1 atom stereocenters. The van der Waals surface area contributed by atoms with Gasteiger partial charge in [-0.2, -0.15) is 0 Å². The van der Waals surface area contributed by atoms with Crippen LogP contribution in [0.4, 0.5) is 11.4 Å². The summed E-state index contributed by atoms with van der Waals surface area (Å²) >= 11 is 0. The van der Waals surface area contributed by atoms with Crippen LogP contribution in [0.25, 0.3) is 0 Å². The second-order valence-electron chi connectivity index (χ2n) is 6.89. The van der Waals surface area contributed by atoms with Gasteiger partial charge in [0.05, 0.1) is 0 Å². The quantitative estimate of drug-likeness (QED) is 0.932. The van der Waals surface area contributed by atoms with Crippen molar-refractivity contribution in [3.8, 4) is 0 Å². The van der Waals surface area contributed by atoms with Crippen LogP contribution in [-0.4, -0.2) is 38.8 Å². The van der Waals surface area contributed by atoms with Crippen LogP contribution < -0.4 is 15.1 Å². The first-order chi connectivity index (χ1) is 11.9. The molecule has 2 heterocycles. The number of hydrogen-bond acceptors (Lipinski definition) is 3. The highest BCUT2D eigenvalue weighted by molar-refractivity contribution is 5.55. The Hall–Kier alpha value is -2.00. The summed E-state index contributed by atoms with van der Waals surface area (Å²) in [4.78, 5) is 5.18. The third-order valence-electron chi connectivity index (χ3n) is 5.38. The Bertz CT molecular complexity index is 655. The zero-order valence-corrected chi connectivity index (χ0v) is 14.3. The van der Waals surface area contributed by atoms with E-state index in [4.69, 9.17) is 0 Å². The lowest BCUT2D eigenvalue weighted by Crippen LogP contribution is -2.52. The van der Waals surface area contributed by atoms with E-state index in [9.17, 15) is 0 Å². The molecule has 0 amide bonds. The molecule has 0 bridgehead atoms. The van der Waals surface area contributed by atoms with Gasteiger partial charge in [-0.1, -0.05) is 36.4 Å². The van der Waals surface area contributed by atoms with E-state index in [1.807, 2.05) is 0 Å². The molecular formula is C21H27N3. The molecule has 0 radical (unpaired) electrons. The van der Waals surface area contributed by atoms with Crippen molar-refractivity contribution in [3.63, 3.8) is 0 Å². The van der Waals surface area contributed by atoms with Gasteiger partial charge < -0.3 is 15.1 Å². The third kappa shape index (κ3) is 3.27. The first-order valence-corrected chi connectivity index (χ1v) is 9.27. The van der Waals surface area contributed by atoms with Gasteiger partial charge in [0.15, 0.2) is 0 Å². The average molecular weight is 321 g/mol. The topological polar surface area (TPSA) is 18.5 Å². The number of rotatable bonds is 4. The van der Waals surface area contributed by atoms with Crippen LogP contribution in [0.3, 0.4) is 0 Å². The molecule has 3 heteroatoms. The van der Waals surface area contributed by atoms with Crippen LogP contribution >= 0.6 is 0 Å². The highest BCUT2D eigenvalue weighted by atomic mass is 15.2. The Morgan fingerprint density at radius 2 is 1.79 bits per heavy atom. The molecule has 24 heavy (non-hydrogen) atoms. The summed E-state index contributed by atoms with van der Waals surface area (Å²) in [5.41, 5.74) is 4.34. The number of nitrogens with zero attached hydrogens (tertiary/aromatic N) is 2. The van der Waals surface area contributed by atoms with Gasteiger partial charge in [-0.3, -0.25) is 0 Å². The molecule has 126 valence electrons. The number of fused-ring (bicyclic) bond motifs is 1. The summed E-state index contributed by atoms with van der Waals surface area (Å²) < 4.78 is 0. The minimum atomic E-state index is 0.579. The SMILES string of the molecule is c1ccc(N2CCNCC2CCN2CCCc3ccccc32)cc1. The van der Waals surface area contributed by atoms with Gasteiger partial charge >= 0.3 is 0 Å². The fourth-order valence-corrected chi connectivity index (χ4v) is 4.13. The summed E-state index contributed by atoms with van der Waals surface area (Å²) in [5, 5.41) is 3.58. The zero-order valence-electron chi connectivity index (χ0n) is 14.3. The molecule has 1 fully saturated rings. The molecule has 1 saturated heterocycles. The van der Waals surface area contributed by atoms with Crippen LogP contribution in [0.15, 0.2) is 54.6 Å². The summed E-state index contributed by atoms with van der Waals surface area (Å²) in [7, 11) is 0. The Labute approximate surface area is 145 Å². The van der Waals surface area contributed by atoms with Gasteiger partial charge in [-0.15, -0.1) is 0 Å². The Kier molecular flexibility index (Phi) is 4.70. The minimum Gasteiger partial charge on any atom is -0.371 e. The fraction of sp³-hybridized carbons (Fsp3) is 0.429. The first kappa shape index (κ1) is 15.5. The average Bonchev–Trinajstić information content (AvgIpc) is 2.67. The summed E-state index contributed by atoms with van der Waals surface area (Å²) in [6, 6.07) is 20.4. The number of hydrogen-bond donors (Lipinski definition) is 1. The maximum absolute atomic E-state index is 3.58. The molecule has 4 rings (SSSR count). The fourth-order valence-electron chi connectivity index (χ4n) is 4.13. The zero-order chi connectivity index (χ0) is 16.2. The molecule has 1 unspecified atom stereocenters. The maximum atomic E-state index is 3.58. The lowest BCUT2D eigenvalue weighted by atomic mass is 10.0. The lowest BCUT2D eigenvalue weighted by Gasteiger charge is -2.40. The smallest absolute Gasteiger partial charge is 0.0431 e. The normalized spacial score (nSPS) is 20.8. The van der Waals surface area contributed by atoms with E-state index in [1.165, 1.54) is 42.7 Å². The summed E-state index contributed by atoms with van der Waals surface area (Å²) in [6.07, 6.45) is 3.71. The molecular weight excluding hydrogens is 294 g/mol. The monoisotopic (exact) mass is 321 g/mol. The Balaban J connectivity index is 1.45. The molecule has 0 saturated carbocycles. The van der Waals surface area contributed by atoms with E-state index in [0.717, 1.165) is 26.2 Å². The van der Waals surface area contributed by atoms with Crippen LogP contribution in [-0.2, 0) is 6.42 Å². The van der Waals surface area contributed by atoms with Gasteiger partial charge in [0.1, 0.15) is 0 Å². The van der Waals surface area contributed by atoms with E-state index in [-0.39, 0.29) is 0 Å². The molecule has 2 aliphatic rings. The first-order valence-electron chi connectivity index (χ1n) is 9.27. The van der Waals surface area contributed by atoms with Crippen LogP contribution in [0.1, 0.15) is 18.4 Å². The van der Waals surface area contributed by atoms with Crippen molar-refractivity contribution in [3.05, 3.63) is 60.2 Å². The van der Waals surface area contributed by atoms with Gasteiger partial charge in [0, 0.05) is 50.1 Å². The molecule has 2 aromatic rings. The van der Waals surface area contributed by atoms with Crippen molar-refractivity contribution >= 4 is 11.4 Å². The highest BCUT2D eigenvalue weighted by Crippen LogP contribution is 2.27. The van der Waals surface area contributed by atoms with Crippen molar-refractivity contribution in [2.24, 2.45) is 0 Å². The second kappa shape index (κ2) is 7.27. The van der Waals surface area contributed by atoms with E-state index in [0.29, 0.717) is 6.04 Å². The number of anilines is 2. The van der Waals surface area contributed by atoms with Crippen molar-refractivity contribution < 1.29 is 0 Å². The van der Waals surface area contributed by atoms with Crippen molar-refractivity contribution in [2.75, 3.05) is 42.5 Å². The highest BCUT2D eigenvalue weighted by Gasteiger charge is 2.24.